The van der Waals surface area contributed by atoms with Gasteiger partial charge in [0.2, 0.25) is 11.8 Å². The van der Waals surface area contributed by atoms with E-state index in [0.29, 0.717) is 28.6 Å². The Balaban J connectivity index is 2.00. The van der Waals surface area contributed by atoms with Crippen molar-refractivity contribution in [1.82, 2.24) is 10.2 Å². The molecular weight excluding hydrogens is 526 g/mol. The first kappa shape index (κ1) is 29.0. The maximum Gasteiger partial charge on any atom is 0.264 e. The zero-order valence-corrected chi connectivity index (χ0v) is 23.2. The number of halogens is 1. The Bertz CT molecular complexity index is 1330. The van der Waals surface area contributed by atoms with Crippen molar-refractivity contribution in [2.75, 3.05) is 24.5 Å². The Hall–Kier alpha value is -3.56. The van der Waals surface area contributed by atoms with Crippen LogP contribution in [-0.2, 0) is 26.2 Å². The lowest BCUT2D eigenvalue weighted by Gasteiger charge is -2.32. The number of carbonyl (C=O) groups excluding carboxylic acids is 2. The van der Waals surface area contributed by atoms with Crippen LogP contribution in [0.3, 0.4) is 0 Å². The predicted molar refractivity (Wildman–Crippen MR) is 149 cm³/mol. The molecule has 1 atom stereocenters. The van der Waals surface area contributed by atoms with Crippen molar-refractivity contribution in [3.63, 3.8) is 0 Å². The second-order valence-corrected chi connectivity index (χ2v) is 10.9. The Morgan fingerprint density at radius 2 is 1.61 bits per heavy atom. The maximum absolute atomic E-state index is 13.8. The fraction of sp³-hybridized carbons (Fsp3) is 0.286. The van der Waals surface area contributed by atoms with Crippen LogP contribution in [0.25, 0.3) is 0 Å². The average molecular weight is 558 g/mol. The average Bonchev–Trinajstić information content (AvgIpc) is 2.94. The van der Waals surface area contributed by atoms with Crippen LogP contribution in [-0.4, -0.2) is 51.4 Å². The molecule has 0 aliphatic carbocycles. The molecule has 3 aromatic carbocycles. The summed E-state index contributed by atoms with van der Waals surface area (Å²) >= 11 is 6.36. The number of nitrogens with one attached hydrogen (secondary N) is 1. The summed E-state index contributed by atoms with van der Waals surface area (Å²) in [6.45, 7) is 3.52. The molecule has 202 valence electrons. The molecule has 0 saturated heterocycles. The van der Waals surface area contributed by atoms with E-state index in [2.05, 4.69) is 5.32 Å². The standard InChI is InChI=1S/C28H32ClN3O5S/c1-4-18-30-28(34)21(2)31(19-22-10-8-9-13-26(22)29)27(33)20-32(23-11-6-5-7-12-23)38(35,36)25-16-14-24(37-3)15-17-25/h5-17,21H,4,18-20H2,1-3H3,(H,30,34)/t21-/m1/s1. The maximum atomic E-state index is 13.8. The third-order valence-electron chi connectivity index (χ3n) is 5.99. The molecule has 0 radical (unpaired) electrons. The lowest BCUT2D eigenvalue weighted by Crippen LogP contribution is -2.51. The molecule has 0 aliphatic heterocycles. The molecule has 0 unspecified atom stereocenters. The minimum atomic E-state index is -4.15. The number of ether oxygens (including phenoxy) is 1. The molecule has 0 bridgehead atoms. The van der Waals surface area contributed by atoms with Crippen molar-refractivity contribution >= 4 is 39.1 Å². The molecular formula is C28H32ClN3O5S. The van der Waals surface area contributed by atoms with Gasteiger partial charge in [-0.15, -0.1) is 0 Å². The summed E-state index contributed by atoms with van der Waals surface area (Å²) in [5.41, 5.74) is 0.958. The minimum Gasteiger partial charge on any atom is -0.497 e. The third-order valence-corrected chi connectivity index (χ3v) is 8.14. The van der Waals surface area contributed by atoms with Gasteiger partial charge in [-0.3, -0.25) is 13.9 Å². The van der Waals surface area contributed by atoms with Gasteiger partial charge in [0.05, 0.1) is 17.7 Å². The number of carbonyl (C=O) groups is 2. The lowest BCUT2D eigenvalue weighted by molar-refractivity contribution is -0.139. The lowest BCUT2D eigenvalue weighted by atomic mass is 10.1. The van der Waals surface area contributed by atoms with E-state index in [1.54, 1.807) is 73.7 Å². The van der Waals surface area contributed by atoms with Crippen molar-refractivity contribution in [3.05, 3.63) is 89.4 Å². The van der Waals surface area contributed by atoms with E-state index in [0.717, 1.165) is 10.7 Å². The molecule has 8 nitrogen and oxygen atoms in total. The first-order valence-electron chi connectivity index (χ1n) is 12.2. The fourth-order valence-corrected chi connectivity index (χ4v) is 5.40. The highest BCUT2D eigenvalue weighted by Crippen LogP contribution is 2.26. The number of para-hydroxylation sites is 1. The van der Waals surface area contributed by atoms with Crippen LogP contribution in [0.15, 0.2) is 83.8 Å². The van der Waals surface area contributed by atoms with Crippen LogP contribution in [0.2, 0.25) is 5.02 Å². The largest absolute Gasteiger partial charge is 0.497 e. The molecule has 2 amide bonds. The first-order chi connectivity index (χ1) is 18.2. The van der Waals surface area contributed by atoms with Crippen LogP contribution < -0.4 is 14.4 Å². The van der Waals surface area contributed by atoms with Gasteiger partial charge in [0.1, 0.15) is 18.3 Å². The minimum absolute atomic E-state index is 0.00124. The quantitative estimate of drug-likeness (QED) is 0.354. The van der Waals surface area contributed by atoms with Gasteiger partial charge in [0.15, 0.2) is 0 Å². The molecule has 0 heterocycles. The van der Waals surface area contributed by atoms with E-state index in [9.17, 15) is 18.0 Å². The normalized spacial score (nSPS) is 11.9. The summed E-state index contributed by atoms with van der Waals surface area (Å²) in [5, 5.41) is 3.25. The van der Waals surface area contributed by atoms with E-state index < -0.39 is 28.5 Å². The number of methoxy groups -OCH3 is 1. The summed E-state index contributed by atoms with van der Waals surface area (Å²) in [5.74, 6) is -0.384. The number of rotatable bonds is 12. The van der Waals surface area contributed by atoms with Crippen LogP contribution in [0.1, 0.15) is 25.8 Å². The first-order valence-corrected chi connectivity index (χ1v) is 14.0. The van der Waals surface area contributed by atoms with Crippen molar-refractivity contribution in [2.24, 2.45) is 0 Å². The van der Waals surface area contributed by atoms with E-state index in [1.807, 2.05) is 6.92 Å². The molecule has 0 saturated carbocycles. The van der Waals surface area contributed by atoms with Gasteiger partial charge in [0.25, 0.3) is 10.0 Å². The van der Waals surface area contributed by atoms with Gasteiger partial charge in [0, 0.05) is 18.1 Å². The SMILES string of the molecule is CCCNC(=O)[C@@H](C)N(Cc1ccccc1Cl)C(=O)CN(c1ccccc1)S(=O)(=O)c1ccc(OC)cc1. The van der Waals surface area contributed by atoms with Crippen LogP contribution in [0.5, 0.6) is 5.75 Å². The van der Waals surface area contributed by atoms with E-state index in [-0.39, 0.29) is 17.3 Å². The number of anilines is 1. The summed E-state index contributed by atoms with van der Waals surface area (Å²) in [4.78, 5) is 28.0. The number of nitrogens with zero attached hydrogens (tertiary/aromatic N) is 2. The Kier molecular flexibility index (Phi) is 10.2. The second kappa shape index (κ2) is 13.3. The van der Waals surface area contributed by atoms with Gasteiger partial charge in [-0.1, -0.05) is 54.9 Å². The topological polar surface area (TPSA) is 96.0 Å². The van der Waals surface area contributed by atoms with Crippen LogP contribution in [0.4, 0.5) is 5.69 Å². The Morgan fingerprint density at radius 3 is 2.21 bits per heavy atom. The predicted octanol–water partition coefficient (Wildman–Crippen LogP) is 4.49. The number of amides is 2. The Morgan fingerprint density at radius 1 is 0.974 bits per heavy atom. The second-order valence-electron chi connectivity index (χ2n) is 8.60. The summed E-state index contributed by atoms with van der Waals surface area (Å²) < 4.78 is 33.7. The summed E-state index contributed by atoms with van der Waals surface area (Å²) in [6, 6.07) is 20.5. The van der Waals surface area contributed by atoms with Gasteiger partial charge in [-0.25, -0.2) is 8.42 Å². The van der Waals surface area contributed by atoms with Gasteiger partial charge in [-0.05, 0) is 61.4 Å². The molecule has 10 heteroatoms. The van der Waals surface area contributed by atoms with Crippen LogP contribution >= 0.6 is 11.6 Å². The zero-order valence-electron chi connectivity index (χ0n) is 21.6. The van der Waals surface area contributed by atoms with E-state index in [4.69, 9.17) is 16.3 Å². The van der Waals surface area contributed by atoms with Crippen molar-refractivity contribution < 1.29 is 22.7 Å². The molecule has 0 aromatic heterocycles. The van der Waals surface area contributed by atoms with E-state index >= 15 is 0 Å². The summed E-state index contributed by atoms with van der Waals surface area (Å²) in [7, 11) is -2.66. The molecule has 3 aromatic rings. The third kappa shape index (κ3) is 7.05. The van der Waals surface area contributed by atoms with Gasteiger partial charge < -0.3 is 15.0 Å². The van der Waals surface area contributed by atoms with E-state index in [1.165, 1.54) is 24.1 Å². The number of hydrogen-bond acceptors (Lipinski definition) is 5. The van der Waals surface area contributed by atoms with Crippen LogP contribution in [0, 0.1) is 0 Å². The smallest absolute Gasteiger partial charge is 0.264 e. The van der Waals surface area contributed by atoms with Gasteiger partial charge >= 0.3 is 0 Å². The molecule has 0 aliphatic rings. The highest BCUT2D eigenvalue weighted by atomic mass is 35.5. The summed E-state index contributed by atoms with van der Waals surface area (Å²) in [6.07, 6.45) is 0.735. The molecule has 38 heavy (non-hydrogen) atoms. The number of hydrogen-bond donors (Lipinski definition) is 1. The molecule has 3 rings (SSSR count). The number of sulfonamides is 1. The number of benzene rings is 3. The molecule has 1 N–H and O–H groups in total. The highest BCUT2D eigenvalue weighted by Gasteiger charge is 2.32. The van der Waals surface area contributed by atoms with Crippen molar-refractivity contribution in [3.8, 4) is 5.75 Å². The monoisotopic (exact) mass is 557 g/mol. The fourth-order valence-electron chi connectivity index (χ4n) is 3.79. The highest BCUT2D eigenvalue weighted by molar-refractivity contribution is 7.92. The molecule has 0 fully saturated rings. The van der Waals surface area contributed by atoms with Crippen molar-refractivity contribution in [2.45, 2.75) is 37.8 Å². The molecule has 0 spiro atoms. The Labute approximate surface area is 229 Å². The van der Waals surface area contributed by atoms with Gasteiger partial charge in [-0.2, -0.15) is 0 Å². The van der Waals surface area contributed by atoms with Crippen molar-refractivity contribution in [1.29, 1.82) is 0 Å². The zero-order chi connectivity index (χ0) is 27.7.